The van der Waals surface area contributed by atoms with E-state index in [9.17, 15) is 25.4 Å². The van der Waals surface area contributed by atoms with Crippen LogP contribution in [0.5, 0.6) is 0 Å². The van der Waals surface area contributed by atoms with Gasteiger partial charge in [-0.3, -0.25) is 0 Å². The average molecular weight is 546 g/mol. The zero-order valence-electron chi connectivity index (χ0n) is 23.3. The van der Waals surface area contributed by atoms with Crippen molar-refractivity contribution in [1.29, 1.82) is 5.26 Å². The number of cyclic esters (lactones) is 1. The molecule has 0 bridgehead atoms. The van der Waals surface area contributed by atoms with Gasteiger partial charge in [0.25, 0.3) is 0 Å². The SMILES string of the molecule is CO[C@H]1C[C@H](O[C@@H]2CC[C@]3(C#N)[C@H]4CC[C@]5(C)[C@H](C6=CC(=O)OC6)CC[C@]5(O)[C@H]4CC[C@]3(O)C2)O[C@H](C)[C@H]1O. The molecule has 0 aromatic heterocycles. The van der Waals surface area contributed by atoms with E-state index in [1.54, 1.807) is 20.1 Å². The number of rotatable bonds is 4. The lowest BCUT2D eigenvalue weighted by Gasteiger charge is -2.64. The van der Waals surface area contributed by atoms with Gasteiger partial charge < -0.3 is 34.3 Å². The molecule has 5 fully saturated rings. The zero-order valence-corrected chi connectivity index (χ0v) is 23.3. The molecular weight excluding hydrogens is 502 g/mol. The van der Waals surface area contributed by atoms with Gasteiger partial charge in [0.05, 0.1) is 41.0 Å². The standard InChI is InChI=1S/C30H43NO8/c1-17-26(33)23(36-3)13-25(38-17)39-19-4-9-28(16-31)21-5-8-27(2)20(18-12-24(32)37-15-18)7-11-30(27,35)22(21)6-10-29(28,34)14-19/h12,17,19-23,25-26,33-35H,4-11,13-15H2,1-3H3/t17-,19-,20+,21+,22+,23+,25+,26-,27-,28+,29+,30+/m1/s1. The minimum atomic E-state index is -1.21. The van der Waals surface area contributed by atoms with Crippen molar-refractivity contribution in [2.45, 2.75) is 120 Å². The van der Waals surface area contributed by atoms with Crippen molar-refractivity contribution in [2.75, 3.05) is 13.7 Å². The highest BCUT2D eigenvalue weighted by molar-refractivity contribution is 5.85. The summed E-state index contributed by atoms with van der Waals surface area (Å²) in [5.41, 5.74) is -2.50. The second kappa shape index (κ2) is 9.50. The molecule has 0 aromatic carbocycles. The highest BCUT2D eigenvalue weighted by atomic mass is 16.7. The van der Waals surface area contributed by atoms with E-state index in [0.29, 0.717) is 51.6 Å². The van der Waals surface area contributed by atoms with Crippen molar-refractivity contribution >= 4 is 5.97 Å². The Kier molecular flexibility index (Phi) is 6.73. The molecule has 0 amide bonds. The molecule has 9 nitrogen and oxygen atoms in total. The molecule has 2 heterocycles. The minimum absolute atomic E-state index is 0.0799. The van der Waals surface area contributed by atoms with Gasteiger partial charge in [0.1, 0.15) is 12.7 Å². The summed E-state index contributed by atoms with van der Waals surface area (Å²) in [5, 5.41) is 45.6. The Labute approximate surface area is 230 Å². The van der Waals surface area contributed by atoms with Crippen LogP contribution in [0.15, 0.2) is 11.6 Å². The summed E-state index contributed by atoms with van der Waals surface area (Å²) in [6.07, 6.45) is 5.21. The fourth-order valence-corrected chi connectivity index (χ4v) is 9.91. The lowest BCUT2D eigenvalue weighted by atomic mass is 9.41. The van der Waals surface area contributed by atoms with Crippen LogP contribution in [-0.2, 0) is 23.7 Å². The second-order valence-electron chi connectivity index (χ2n) is 13.4. The summed E-state index contributed by atoms with van der Waals surface area (Å²) in [4.78, 5) is 11.8. The monoisotopic (exact) mass is 545 g/mol. The second-order valence-corrected chi connectivity index (χ2v) is 13.4. The Balaban J connectivity index is 1.21. The van der Waals surface area contributed by atoms with E-state index in [1.165, 1.54) is 0 Å². The maximum absolute atomic E-state index is 12.4. The number of methoxy groups -OCH3 is 1. The molecule has 2 aliphatic heterocycles. The number of aliphatic hydroxyl groups excluding tert-OH is 1. The van der Waals surface area contributed by atoms with E-state index in [0.717, 1.165) is 24.8 Å². The fraction of sp³-hybridized carbons (Fsp3) is 0.867. The Bertz CT molecular complexity index is 1070. The summed E-state index contributed by atoms with van der Waals surface area (Å²) in [6, 6.07) is 2.62. The lowest BCUT2D eigenvalue weighted by molar-refractivity contribution is -0.286. The molecule has 4 aliphatic carbocycles. The Morgan fingerprint density at radius 3 is 2.56 bits per heavy atom. The molecule has 3 N–H and O–H groups in total. The van der Waals surface area contributed by atoms with Gasteiger partial charge in [-0.2, -0.15) is 5.26 Å². The van der Waals surface area contributed by atoms with E-state index < -0.39 is 40.5 Å². The number of nitrogens with zero attached hydrogens (tertiary/aromatic N) is 1. The molecule has 0 aromatic rings. The van der Waals surface area contributed by atoms with Crippen LogP contribution in [0.25, 0.3) is 0 Å². The highest BCUT2D eigenvalue weighted by Crippen LogP contribution is 2.70. The van der Waals surface area contributed by atoms with Crippen LogP contribution < -0.4 is 0 Å². The minimum Gasteiger partial charge on any atom is -0.458 e. The van der Waals surface area contributed by atoms with Gasteiger partial charge >= 0.3 is 5.97 Å². The summed E-state index contributed by atoms with van der Waals surface area (Å²) < 4.78 is 22.9. The molecule has 216 valence electrons. The third-order valence-corrected chi connectivity index (χ3v) is 12.0. The molecule has 1 saturated heterocycles. The predicted molar refractivity (Wildman–Crippen MR) is 138 cm³/mol. The Morgan fingerprint density at radius 2 is 1.87 bits per heavy atom. The van der Waals surface area contributed by atoms with Gasteiger partial charge in [-0.1, -0.05) is 6.92 Å². The molecule has 0 unspecified atom stereocenters. The molecule has 0 radical (unpaired) electrons. The molecule has 6 rings (SSSR count). The van der Waals surface area contributed by atoms with Crippen molar-refractivity contribution in [3.8, 4) is 6.07 Å². The van der Waals surface area contributed by atoms with Crippen molar-refractivity contribution in [1.82, 2.24) is 0 Å². The maximum atomic E-state index is 12.4. The molecule has 12 atom stereocenters. The van der Waals surface area contributed by atoms with Crippen LogP contribution in [0.3, 0.4) is 0 Å². The lowest BCUT2D eigenvalue weighted by Crippen LogP contribution is -2.68. The number of fused-ring (bicyclic) bond motifs is 5. The summed E-state index contributed by atoms with van der Waals surface area (Å²) in [5.74, 6) is -0.396. The van der Waals surface area contributed by atoms with Crippen molar-refractivity contribution < 1.29 is 39.1 Å². The number of nitriles is 1. The number of carbonyl (C=O) groups is 1. The first-order valence-corrected chi connectivity index (χ1v) is 14.8. The Morgan fingerprint density at radius 1 is 1.10 bits per heavy atom. The van der Waals surface area contributed by atoms with Gasteiger partial charge in [-0.05, 0) is 81.6 Å². The first-order valence-electron chi connectivity index (χ1n) is 14.8. The van der Waals surface area contributed by atoms with Crippen LogP contribution >= 0.6 is 0 Å². The van der Waals surface area contributed by atoms with E-state index in [1.807, 2.05) is 0 Å². The summed E-state index contributed by atoms with van der Waals surface area (Å²) in [6.45, 7) is 4.26. The van der Waals surface area contributed by atoms with Crippen molar-refractivity contribution in [3.63, 3.8) is 0 Å². The third kappa shape index (κ3) is 3.89. The van der Waals surface area contributed by atoms with Gasteiger partial charge in [0.15, 0.2) is 6.29 Å². The van der Waals surface area contributed by atoms with Gasteiger partial charge in [-0.25, -0.2) is 4.79 Å². The number of hydrogen-bond donors (Lipinski definition) is 3. The van der Waals surface area contributed by atoms with Crippen LogP contribution in [0.2, 0.25) is 0 Å². The molecule has 9 heteroatoms. The zero-order chi connectivity index (χ0) is 27.8. The van der Waals surface area contributed by atoms with Gasteiger partial charge in [0.2, 0.25) is 0 Å². The fourth-order valence-electron chi connectivity index (χ4n) is 9.91. The maximum Gasteiger partial charge on any atom is 0.331 e. The smallest absolute Gasteiger partial charge is 0.331 e. The molecule has 39 heavy (non-hydrogen) atoms. The molecule has 6 aliphatic rings. The third-order valence-electron chi connectivity index (χ3n) is 12.0. The normalized spacial score (nSPS) is 53.2. The largest absolute Gasteiger partial charge is 0.458 e. The first kappa shape index (κ1) is 27.6. The molecule has 4 saturated carbocycles. The van der Waals surface area contributed by atoms with Crippen LogP contribution in [-0.4, -0.2) is 76.9 Å². The van der Waals surface area contributed by atoms with Crippen molar-refractivity contribution in [2.24, 2.45) is 28.6 Å². The van der Waals surface area contributed by atoms with E-state index in [4.69, 9.17) is 18.9 Å². The molecular formula is C30H43NO8. The highest BCUT2D eigenvalue weighted by Gasteiger charge is 2.72. The molecule has 0 spiro atoms. The van der Waals surface area contributed by atoms with Crippen molar-refractivity contribution in [3.05, 3.63) is 11.6 Å². The van der Waals surface area contributed by atoms with Crippen LogP contribution in [0, 0.1) is 39.9 Å². The first-order chi connectivity index (χ1) is 18.5. The van der Waals surface area contributed by atoms with Gasteiger partial charge in [-0.15, -0.1) is 0 Å². The Hall–Kier alpha value is -1.54. The predicted octanol–water partition coefficient (Wildman–Crippen LogP) is 2.76. The number of aliphatic hydroxyl groups is 3. The summed E-state index contributed by atoms with van der Waals surface area (Å²) in [7, 11) is 1.57. The van der Waals surface area contributed by atoms with E-state index >= 15 is 0 Å². The summed E-state index contributed by atoms with van der Waals surface area (Å²) >= 11 is 0. The quantitative estimate of drug-likeness (QED) is 0.359. The van der Waals surface area contributed by atoms with Crippen LogP contribution in [0.1, 0.15) is 78.1 Å². The topological polar surface area (TPSA) is 138 Å². The van der Waals surface area contributed by atoms with E-state index in [2.05, 4.69) is 13.0 Å². The van der Waals surface area contributed by atoms with Crippen LogP contribution in [0.4, 0.5) is 0 Å². The number of ether oxygens (including phenoxy) is 4. The number of carbonyl (C=O) groups excluding carboxylic acids is 1. The average Bonchev–Trinajstić information content (AvgIpc) is 3.45. The number of hydrogen-bond acceptors (Lipinski definition) is 9. The number of esters is 1. The van der Waals surface area contributed by atoms with E-state index in [-0.39, 0.29) is 35.9 Å². The van der Waals surface area contributed by atoms with Gasteiger partial charge in [0, 0.05) is 31.4 Å².